The predicted molar refractivity (Wildman–Crippen MR) is 108 cm³/mol. The average Bonchev–Trinajstić information content (AvgIpc) is 3.11. The van der Waals surface area contributed by atoms with Gasteiger partial charge in [0.1, 0.15) is 13.2 Å². The second-order valence-corrected chi connectivity index (χ2v) is 7.03. The Hall–Kier alpha value is -2.70. The lowest BCUT2D eigenvalue weighted by atomic mass is 10.1. The van der Waals surface area contributed by atoms with E-state index in [4.69, 9.17) is 14.2 Å². The molecule has 1 heterocycles. The molecule has 2 aromatic carbocycles. The maximum absolute atomic E-state index is 12.6. The Morgan fingerprint density at radius 2 is 1.76 bits per heavy atom. The van der Waals surface area contributed by atoms with Gasteiger partial charge in [0.15, 0.2) is 0 Å². The van der Waals surface area contributed by atoms with E-state index >= 15 is 0 Å². The fourth-order valence-corrected chi connectivity index (χ4v) is 3.23. The predicted octanol–water partition coefficient (Wildman–Crippen LogP) is 3.59. The van der Waals surface area contributed by atoms with E-state index in [2.05, 4.69) is 0 Å². The molecule has 154 valence electrons. The Labute approximate surface area is 171 Å². The molecule has 0 saturated carbocycles. The Kier molecular flexibility index (Phi) is 7.78. The molecule has 0 aliphatic carbocycles. The maximum atomic E-state index is 12.6. The van der Waals surface area contributed by atoms with Gasteiger partial charge in [-0.25, -0.2) is 9.69 Å². The minimum absolute atomic E-state index is 0.173. The van der Waals surface area contributed by atoms with E-state index in [0.717, 1.165) is 11.1 Å². The van der Waals surface area contributed by atoms with Crippen LogP contribution in [0.15, 0.2) is 60.7 Å². The number of rotatable bonds is 10. The number of carbonyl (C=O) groups excluding carboxylic acids is 2. The second kappa shape index (κ2) is 10.7. The minimum atomic E-state index is -0.604. The molecule has 0 bridgehead atoms. The highest BCUT2D eigenvalue weighted by molar-refractivity contribution is 5.94. The Morgan fingerprint density at radius 1 is 1.10 bits per heavy atom. The lowest BCUT2D eigenvalue weighted by Crippen LogP contribution is -2.43. The Morgan fingerprint density at radius 3 is 2.41 bits per heavy atom. The van der Waals surface area contributed by atoms with Gasteiger partial charge in [0.05, 0.1) is 25.4 Å². The lowest BCUT2D eigenvalue weighted by molar-refractivity contribution is -0.137. The van der Waals surface area contributed by atoms with E-state index in [1.54, 1.807) is 0 Å². The Balaban J connectivity index is 1.47. The number of hydrogen-bond acceptors (Lipinski definition) is 5. The van der Waals surface area contributed by atoms with Crippen LogP contribution in [0.2, 0.25) is 0 Å². The van der Waals surface area contributed by atoms with Crippen molar-refractivity contribution in [3.8, 4) is 0 Å². The first-order valence-corrected chi connectivity index (χ1v) is 9.93. The van der Waals surface area contributed by atoms with Crippen molar-refractivity contribution in [3.05, 3.63) is 71.8 Å². The molecule has 0 N–H and O–H groups in total. The number of carbonyl (C=O) groups is 2. The van der Waals surface area contributed by atoms with E-state index in [0.29, 0.717) is 26.1 Å². The number of nitrogens with zero attached hydrogens (tertiary/aromatic N) is 1. The van der Waals surface area contributed by atoms with E-state index in [-0.39, 0.29) is 31.3 Å². The number of cyclic esters (lactones) is 1. The summed E-state index contributed by atoms with van der Waals surface area (Å²) in [5, 5.41) is 0. The van der Waals surface area contributed by atoms with Crippen LogP contribution >= 0.6 is 0 Å². The molecule has 1 saturated heterocycles. The summed E-state index contributed by atoms with van der Waals surface area (Å²) in [6.45, 7) is 2.89. The first kappa shape index (κ1) is 21.0. The van der Waals surface area contributed by atoms with Gasteiger partial charge in [-0.05, 0) is 24.0 Å². The summed E-state index contributed by atoms with van der Waals surface area (Å²) >= 11 is 0. The highest BCUT2D eigenvalue weighted by Crippen LogP contribution is 2.18. The second-order valence-electron chi connectivity index (χ2n) is 7.03. The summed E-state index contributed by atoms with van der Waals surface area (Å²) in [6, 6.07) is 19.3. The van der Waals surface area contributed by atoms with Gasteiger partial charge in [0.2, 0.25) is 0 Å². The van der Waals surface area contributed by atoms with Crippen LogP contribution in [0.25, 0.3) is 0 Å². The lowest BCUT2D eigenvalue weighted by Gasteiger charge is -2.21. The average molecular weight is 397 g/mol. The quantitative estimate of drug-likeness (QED) is 0.613. The van der Waals surface area contributed by atoms with Gasteiger partial charge in [0.25, 0.3) is 5.91 Å². The summed E-state index contributed by atoms with van der Waals surface area (Å²) in [4.78, 5) is 25.9. The summed E-state index contributed by atoms with van der Waals surface area (Å²) in [6.07, 6.45) is 0.456. The van der Waals surface area contributed by atoms with Crippen LogP contribution < -0.4 is 0 Å². The Bertz CT molecular complexity index is 780. The molecular weight excluding hydrogens is 370 g/mol. The monoisotopic (exact) mass is 397 g/mol. The molecule has 1 aliphatic rings. The van der Waals surface area contributed by atoms with Crippen molar-refractivity contribution < 1.29 is 23.8 Å². The van der Waals surface area contributed by atoms with Crippen LogP contribution in [-0.2, 0) is 32.0 Å². The van der Waals surface area contributed by atoms with Crippen molar-refractivity contribution in [2.24, 2.45) is 0 Å². The van der Waals surface area contributed by atoms with Crippen LogP contribution in [0.1, 0.15) is 24.5 Å². The molecule has 2 atom stereocenters. The summed E-state index contributed by atoms with van der Waals surface area (Å²) < 4.78 is 16.5. The minimum Gasteiger partial charge on any atom is -0.447 e. The molecule has 0 radical (unpaired) electrons. The smallest absolute Gasteiger partial charge is 0.417 e. The highest BCUT2D eigenvalue weighted by Gasteiger charge is 2.37. The van der Waals surface area contributed by atoms with Gasteiger partial charge in [-0.15, -0.1) is 0 Å². The third-order valence-corrected chi connectivity index (χ3v) is 4.86. The molecule has 1 aliphatic heterocycles. The van der Waals surface area contributed by atoms with Crippen molar-refractivity contribution in [2.75, 3.05) is 19.8 Å². The fraction of sp³-hybridized carbons (Fsp3) is 0.391. The molecule has 0 spiro atoms. The van der Waals surface area contributed by atoms with Gasteiger partial charge in [0, 0.05) is 0 Å². The van der Waals surface area contributed by atoms with Gasteiger partial charge >= 0.3 is 6.09 Å². The zero-order valence-corrected chi connectivity index (χ0v) is 16.7. The number of benzene rings is 2. The largest absolute Gasteiger partial charge is 0.447 e. The van der Waals surface area contributed by atoms with Crippen LogP contribution in [0.5, 0.6) is 0 Å². The topological polar surface area (TPSA) is 65.1 Å². The number of amides is 2. The first-order chi connectivity index (χ1) is 14.2. The van der Waals surface area contributed by atoms with Crippen molar-refractivity contribution in [1.29, 1.82) is 0 Å². The molecule has 2 aromatic rings. The fourth-order valence-electron chi connectivity index (χ4n) is 3.23. The summed E-state index contributed by atoms with van der Waals surface area (Å²) in [5.41, 5.74) is 2.14. The van der Waals surface area contributed by atoms with Crippen LogP contribution in [-0.4, -0.2) is 48.9 Å². The number of imide groups is 1. The molecule has 0 aromatic heterocycles. The van der Waals surface area contributed by atoms with Crippen molar-refractivity contribution in [1.82, 2.24) is 4.90 Å². The standard InChI is InChI=1S/C23H27NO5/c1-2-21(16-27-14-19-11-7-4-8-12-19)28-17-22(25)24-20(15-29-23(24)26)13-18-9-5-3-6-10-18/h3-12,20-21H,2,13-17H2,1H3/t20-,21-/m1/s1. The zero-order valence-electron chi connectivity index (χ0n) is 16.7. The van der Waals surface area contributed by atoms with Crippen molar-refractivity contribution in [3.63, 3.8) is 0 Å². The third-order valence-electron chi connectivity index (χ3n) is 4.86. The van der Waals surface area contributed by atoms with Crippen LogP contribution in [0.3, 0.4) is 0 Å². The molecule has 6 heteroatoms. The normalized spacial score (nSPS) is 17.2. The summed E-state index contributed by atoms with van der Waals surface area (Å²) in [5.74, 6) is -0.380. The van der Waals surface area contributed by atoms with Crippen LogP contribution in [0, 0.1) is 0 Å². The molecule has 1 fully saturated rings. The molecular formula is C23H27NO5. The first-order valence-electron chi connectivity index (χ1n) is 9.93. The van der Waals surface area contributed by atoms with E-state index < -0.39 is 6.09 Å². The maximum Gasteiger partial charge on any atom is 0.417 e. The van der Waals surface area contributed by atoms with Gasteiger partial charge < -0.3 is 14.2 Å². The summed E-state index contributed by atoms with van der Waals surface area (Å²) in [7, 11) is 0. The van der Waals surface area contributed by atoms with Gasteiger partial charge in [-0.3, -0.25) is 4.79 Å². The number of ether oxygens (including phenoxy) is 3. The molecule has 3 rings (SSSR count). The van der Waals surface area contributed by atoms with Gasteiger partial charge in [-0.1, -0.05) is 67.6 Å². The number of hydrogen-bond donors (Lipinski definition) is 0. The van der Waals surface area contributed by atoms with Crippen molar-refractivity contribution in [2.45, 2.75) is 38.5 Å². The van der Waals surface area contributed by atoms with E-state index in [1.165, 1.54) is 4.90 Å². The SMILES string of the molecule is CC[C@H](COCc1ccccc1)OCC(=O)N1C(=O)OC[C@H]1Cc1ccccc1. The van der Waals surface area contributed by atoms with Gasteiger partial charge in [-0.2, -0.15) is 0 Å². The molecule has 6 nitrogen and oxygen atoms in total. The van der Waals surface area contributed by atoms with E-state index in [9.17, 15) is 9.59 Å². The zero-order chi connectivity index (χ0) is 20.5. The third kappa shape index (κ3) is 6.14. The van der Waals surface area contributed by atoms with Crippen LogP contribution in [0.4, 0.5) is 4.79 Å². The highest BCUT2D eigenvalue weighted by atomic mass is 16.6. The van der Waals surface area contributed by atoms with Crippen molar-refractivity contribution >= 4 is 12.0 Å². The molecule has 0 unspecified atom stereocenters. The molecule has 29 heavy (non-hydrogen) atoms. The van der Waals surface area contributed by atoms with E-state index in [1.807, 2.05) is 67.6 Å². The molecule has 2 amide bonds.